The highest BCUT2D eigenvalue weighted by atomic mass is 16.3. The lowest BCUT2D eigenvalue weighted by molar-refractivity contribution is 0.669. The summed E-state index contributed by atoms with van der Waals surface area (Å²) >= 11 is 0. The van der Waals surface area contributed by atoms with Crippen molar-refractivity contribution in [2.45, 2.75) is 0 Å². The van der Waals surface area contributed by atoms with E-state index in [4.69, 9.17) is 23.8 Å². The monoisotopic (exact) mass is 717 g/mol. The van der Waals surface area contributed by atoms with Crippen LogP contribution in [-0.4, -0.2) is 15.0 Å². The summed E-state index contributed by atoms with van der Waals surface area (Å²) in [5.74, 6) is 1.74. The Morgan fingerprint density at radius 3 is 1.55 bits per heavy atom. The number of hydrogen-bond donors (Lipinski definition) is 0. The molecule has 3 aromatic heterocycles. The number of benzene rings is 8. The predicted octanol–water partition coefficient (Wildman–Crippen LogP) is 13.7. The zero-order valence-corrected chi connectivity index (χ0v) is 30.1. The predicted molar refractivity (Wildman–Crippen MR) is 227 cm³/mol. The van der Waals surface area contributed by atoms with Crippen molar-refractivity contribution in [2.24, 2.45) is 0 Å². The zero-order valence-electron chi connectivity index (χ0n) is 30.1. The fourth-order valence-corrected chi connectivity index (χ4v) is 7.81. The molecule has 0 spiro atoms. The molecule has 5 heteroatoms. The van der Waals surface area contributed by atoms with E-state index in [9.17, 15) is 0 Å². The van der Waals surface area contributed by atoms with Gasteiger partial charge in [-0.2, -0.15) is 0 Å². The molecule has 5 nitrogen and oxygen atoms in total. The minimum atomic E-state index is 0.549. The van der Waals surface area contributed by atoms with Crippen LogP contribution in [0.4, 0.5) is 0 Å². The Hall–Kier alpha value is -7.63. The lowest BCUT2D eigenvalue weighted by Crippen LogP contribution is -2.00. The molecule has 0 fully saturated rings. The lowest BCUT2D eigenvalue weighted by Gasteiger charge is -2.09. The summed E-state index contributed by atoms with van der Waals surface area (Å²) in [6, 6.07) is 64.6. The van der Waals surface area contributed by atoms with Crippen molar-refractivity contribution < 1.29 is 8.83 Å². The molecule has 0 bridgehead atoms. The minimum Gasteiger partial charge on any atom is -0.456 e. The van der Waals surface area contributed by atoms with Gasteiger partial charge in [0, 0.05) is 32.7 Å². The highest BCUT2D eigenvalue weighted by Crippen LogP contribution is 2.43. The van der Waals surface area contributed by atoms with Crippen molar-refractivity contribution in [1.82, 2.24) is 15.0 Å². The molecule has 262 valence electrons. The van der Waals surface area contributed by atoms with Gasteiger partial charge < -0.3 is 8.83 Å². The van der Waals surface area contributed by atoms with Crippen molar-refractivity contribution in [1.29, 1.82) is 0 Å². The van der Waals surface area contributed by atoms with E-state index in [0.717, 1.165) is 93.9 Å². The van der Waals surface area contributed by atoms with Crippen LogP contribution in [0.25, 0.3) is 111 Å². The fraction of sp³-hybridized carbons (Fsp3) is 0. The van der Waals surface area contributed by atoms with Crippen LogP contribution in [-0.2, 0) is 0 Å². The normalized spacial score (nSPS) is 11.6. The van der Waals surface area contributed by atoms with Gasteiger partial charge in [-0.1, -0.05) is 152 Å². The van der Waals surface area contributed by atoms with Crippen LogP contribution in [0.2, 0.25) is 0 Å². The van der Waals surface area contributed by atoms with E-state index in [1.807, 2.05) is 60.7 Å². The molecule has 0 radical (unpaired) electrons. The average Bonchev–Trinajstić information content (AvgIpc) is 3.85. The van der Waals surface area contributed by atoms with Crippen molar-refractivity contribution in [2.75, 3.05) is 0 Å². The highest BCUT2D eigenvalue weighted by Gasteiger charge is 2.20. The maximum atomic E-state index is 6.70. The molecule has 0 amide bonds. The average molecular weight is 718 g/mol. The van der Waals surface area contributed by atoms with Crippen LogP contribution < -0.4 is 0 Å². The first kappa shape index (κ1) is 31.9. The van der Waals surface area contributed by atoms with E-state index in [2.05, 4.69) is 127 Å². The Morgan fingerprint density at radius 1 is 0.286 bits per heavy atom. The number of fused-ring (bicyclic) bond motifs is 6. The number of rotatable bonds is 6. The summed E-state index contributed by atoms with van der Waals surface area (Å²) in [6.07, 6.45) is 0. The SMILES string of the molecule is c1ccc(-c2ccc(-c3nc(-c4ccccc4)nc(-c4cccc5c4oc4ccc(-c6cc(-c7ccccc7)cc7oc8ccccc8c67)cc45)n3)cc2)cc1. The number of aromatic nitrogens is 3. The standard InChI is InChI=1S/C51H31N3O2/c1-4-13-32(14-5-1)34-23-25-36(26-24-34)50-52-49(35-17-8-3-9-18-35)53-51(54-50)41-21-12-20-39-43-29-37(27-28-45(43)56-48(39)41)42-30-38(33-15-6-2-7-16-33)31-46-47(42)40-19-10-11-22-44(40)55-46/h1-31H. The van der Waals surface area contributed by atoms with Crippen molar-refractivity contribution >= 4 is 43.9 Å². The number of furan rings is 2. The van der Waals surface area contributed by atoms with Gasteiger partial charge in [-0.15, -0.1) is 0 Å². The Labute approximate surface area is 322 Å². The van der Waals surface area contributed by atoms with Crippen LogP contribution in [0.15, 0.2) is 197 Å². The van der Waals surface area contributed by atoms with Crippen molar-refractivity contribution in [3.05, 3.63) is 188 Å². The molecule has 0 unspecified atom stereocenters. The first-order valence-corrected chi connectivity index (χ1v) is 18.7. The summed E-state index contributed by atoms with van der Waals surface area (Å²) in [5, 5.41) is 4.18. The smallest absolute Gasteiger partial charge is 0.167 e. The fourth-order valence-electron chi connectivity index (χ4n) is 7.81. The largest absolute Gasteiger partial charge is 0.456 e. The molecule has 11 aromatic rings. The molecule has 0 aliphatic heterocycles. The summed E-state index contributed by atoms with van der Waals surface area (Å²) in [6.45, 7) is 0. The zero-order chi connectivity index (χ0) is 37.0. The Morgan fingerprint density at radius 2 is 0.821 bits per heavy atom. The van der Waals surface area contributed by atoms with Gasteiger partial charge in [0.15, 0.2) is 17.5 Å². The first-order valence-electron chi connectivity index (χ1n) is 18.7. The third-order valence-electron chi connectivity index (χ3n) is 10.6. The second-order valence-electron chi connectivity index (χ2n) is 14.0. The van der Waals surface area contributed by atoms with Gasteiger partial charge in [-0.05, 0) is 69.8 Å². The Bertz CT molecular complexity index is 3220. The third-order valence-corrected chi connectivity index (χ3v) is 10.6. The van der Waals surface area contributed by atoms with Gasteiger partial charge in [0.2, 0.25) is 0 Å². The molecule has 56 heavy (non-hydrogen) atoms. The van der Waals surface area contributed by atoms with E-state index < -0.39 is 0 Å². The second kappa shape index (κ2) is 13.0. The van der Waals surface area contributed by atoms with Crippen molar-refractivity contribution in [3.8, 4) is 67.5 Å². The van der Waals surface area contributed by atoms with Crippen LogP contribution >= 0.6 is 0 Å². The minimum absolute atomic E-state index is 0.549. The Kier molecular flexibility index (Phi) is 7.42. The molecule has 8 aromatic carbocycles. The van der Waals surface area contributed by atoms with Gasteiger partial charge in [0.25, 0.3) is 0 Å². The summed E-state index contributed by atoms with van der Waals surface area (Å²) < 4.78 is 13.2. The Balaban J connectivity index is 1.07. The van der Waals surface area contributed by atoms with E-state index in [1.165, 1.54) is 0 Å². The van der Waals surface area contributed by atoms with E-state index >= 15 is 0 Å². The van der Waals surface area contributed by atoms with Crippen LogP contribution in [0.3, 0.4) is 0 Å². The summed E-state index contributed by atoms with van der Waals surface area (Å²) in [7, 11) is 0. The molecule has 3 heterocycles. The van der Waals surface area contributed by atoms with Crippen LogP contribution in [0.1, 0.15) is 0 Å². The first-order chi connectivity index (χ1) is 27.7. The second-order valence-corrected chi connectivity index (χ2v) is 14.0. The maximum absolute atomic E-state index is 6.70. The van der Waals surface area contributed by atoms with Crippen LogP contribution in [0, 0.1) is 0 Å². The van der Waals surface area contributed by atoms with Crippen LogP contribution in [0.5, 0.6) is 0 Å². The van der Waals surface area contributed by atoms with E-state index in [0.29, 0.717) is 17.5 Å². The number of nitrogens with zero attached hydrogens (tertiary/aromatic N) is 3. The quantitative estimate of drug-likeness (QED) is 0.171. The topological polar surface area (TPSA) is 65.0 Å². The molecule has 0 saturated carbocycles. The van der Waals surface area contributed by atoms with E-state index in [-0.39, 0.29) is 0 Å². The molecular weight excluding hydrogens is 687 g/mol. The summed E-state index contributed by atoms with van der Waals surface area (Å²) in [5.41, 5.74) is 12.6. The van der Waals surface area contributed by atoms with E-state index in [1.54, 1.807) is 0 Å². The van der Waals surface area contributed by atoms with Gasteiger partial charge in [0.05, 0.1) is 5.56 Å². The molecule has 0 aliphatic carbocycles. The van der Waals surface area contributed by atoms with Gasteiger partial charge in [-0.25, -0.2) is 15.0 Å². The third kappa shape index (κ3) is 5.45. The molecule has 0 N–H and O–H groups in total. The molecule has 11 rings (SSSR count). The molecule has 0 aliphatic rings. The summed E-state index contributed by atoms with van der Waals surface area (Å²) in [4.78, 5) is 15.1. The maximum Gasteiger partial charge on any atom is 0.167 e. The number of para-hydroxylation sites is 2. The molecular formula is C51H31N3O2. The number of hydrogen-bond acceptors (Lipinski definition) is 5. The lowest BCUT2D eigenvalue weighted by atomic mass is 9.93. The van der Waals surface area contributed by atoms with Gasteiger partial charge in [0.1, 0.15) is 22.3 Å². The van der Waals surface area contributed by atoms with Gasteiger partial charge in [-0.3, -0.25) is 0 Å². The highest BCUT2D eigenvalue weighted by molar-refractivity contribution is 6.16. The molecule has 0 atom stereocenters. The van der Waals surface area contributed by atoms with Gasteiger partial charge >= 0.3 is 0 Å². The molecule has 0 saturated heterocycles. The van der Waals surface area contributed by atoms with Crippen molar-refractivity contribution in [3.63, 3.8) is 0 Å².